The Labute approximate surface area is 195 Å². The van der Waals surface area contributed by atoms with Crippen LogP contribution in [0.2, 0.25) is 0 Å². The molecule has 0 fully saturated rings. The number of aliphatic hydroxyl groups excluding tert-OH is 1. The predicted octanol–water partition coefficient (Wildman–Crippen LogP) is 4.32. The third kappa shape index (κ3) is 7.69. The van der Waals surface area contributed by atoms with Gasteiger partial charge in [-0.2, -0.15) is 0 Å². The first kappa shape index (κ1) is 24.9. The fourth-order valence-electron chi connectivity index (χ4n) is 4.32. The topological polar surface area (TPSA) is 67.8 Å². The summed E-state index contributed by atoms with van der Waals surface area (Å²) in [6.07, 6.45) is 5.21. The molecule has 33 heavy (non-hydrogen) atoms. The molecule has 2 aromatic carbocycles. The lowest BCUT2D eigenvalue weighted by Gasteiger charge is -2.30. The van der Waals surface area contributed by atoms with Crippen LogP contribution < -0.4 is 10.1 Å². The summed E-state index contributed by atoms with van der Waals surface area (Å²) < 4.78 is 24.5. The number of carbonyl (C=O) groups is 1. The zero-order chi connectivity index (χ0) is 23.8. The maximum Gasteiger partial charge on any atom is 0.330 e. The number of benzene rings is 2. The third-order valence-corrected chi connectivity index (χ3v) is 5.84. The molecule has 0 saturated carbocycles. The van der Waals surface area contributed by atoms with Crippen LogP contribution in [0, 0.1) is 11.7 Å². The molecule has 0 spiro atoms. The minimum Gasteiger partial charge on any atom is -0.488 e. The highest BCUT2D eigenvalue weighted by Gasteiger charge is 2.28. The van der Waals surface area contributed by atoms with E-state index in [1.54, 1.807) is 13.0 Å². The SMILES string of the molecule is CCOC(=O)/C=C/c1ccc(F)c(OC[C@H](O)CNC(C)(C)CC2Cc3ccccc3C2)c1. The average Bonchev–Trinajstić information content (AvgIpc) is 3.18. The second-order valence-corrected chi connectivity index (χ2v) is 9.25. The van der Waals surface area contributed by atoms with Crippen molar-refractivity contribution in [1.29, 1.82) is 0 Å². The number of aliphatic hydroxyl groups is 1. The summed E-state index contributed by atoms with van der Waals surface area (Å²) >= 11 is 0. The second kappa shape index (κ2) is 11.4. The van der Waals surface area contributed by atoms with E-state index in [0.717, 1.165) is 19.3 Å². The molecule has 0 aromatic heterocycles. The molecule has 6 heteroatoms. The molecule has 1 atom stereocenters. The molecule has 0 heterocycles. The Morgan fingerprint density at radius 1 is 1.24 bits per heavy atom. The maximum atomic E-state index is 14.1. The standard InChI is InChI=1S/C27H34FNO4/c1-4-32-26(31)12-10-19-9-11-24(28)25(15-19)33-18-23(30)17-29-27(2,3)16-20-13-21-7-5-6-8-22(21)14-20/h5-12,15,20,23,29-30H,4,13-14,16-18H2,1-3H3/b12-10+/t23-/m1/s1. The van der Waals surface area contributed by atoms with E-state index in [0.29, 0.717) is 18.0 Å². The lowest BCUT2D eigenvalue weighted by atomic mass is 9.88. The molecule has 1 aliphatic carbocycles. The molecule has 0 unspecified atom stereocenters. The van der Waals surface area contributed by atoms with Crippen molar-refractivity contribution < 1.29 is 23.8 Å². The number of fused-ring (bicyclic) bond motifs is 1. The Bertz CT molecular complexity index is 947. The van der Waals surface area contributed by atoms with Crippen molar-refractivity contribution in [3.05, 3.63) is 71.0 Å². The lowest BCUT2D eigenvalue weighted by molar-refractivity contribution is -0.137. The van der Waals surface area contributed by atoms with Gasteiger partial charge in [-0.05, 0) is 80.9 Å². The van der Waals surface area contributed by atoms with Gasteiger partial charge >= 0.3 is 5.97 Å². The summed E-state index contributed by atoms with van der Waals surface area (Å²) in [7, 11) is 0. The Hall–Kier alpha value is -2.70. The van der Waals surface area contributed by atoms with Gasteiger partial charge in [-0.3, -0.25) is 0 Å². The molecule has 0 bridgehead atoms. The normalized spacial score (nSPS) is 14.9. The van der Waals surface area contributed by atoms with Gasteiger partial charge in [0, 0.05) is 18.2 Å². The van der Waals surface area contributed by atoms with Crippen molar-refractivity contribution in [3.63, 3.8) is 0 Å². The van der Waals surface area contributed by atoms with Crippen LogP contribution in [-0.2, 0) is 22.4 Å². The second-order valence-electron chi connectivity index (χ2n) is 9.25. The Morgan fingerprint density at radius 2 is 1.94 bits per heavy atom. The summed E-state index contributed by atoms with van der Waals surface area (Å²) in [6.45, 7) is 6.60. The summed E-state index contributed by atoms with van der Waals surface area (Å²) in [5.41, 5.74) is 3.34. The molecule has 5 nitrogen and oxygen atoms in total. The van der Waals surface area contributed by atoms with Crippen molar-refractivity contribution in [3.8, 4) is 5.75 Å². The first-order valence-electron chi connectivity index (χ1n) is 11.5. The van der Waals surface area contributed by atoms with E-state index < -0.39 is 17.9 Å². The van der Waals surface area contributed by atoms with Crippen LogP contribution in [0.3, 0.4) is 0 Å². The van der Waals surface area contributed by atoms with E-state index in [9.17, 15) is 14.3 Å². The number of nitrogens with one attached hydrogen (secondary N) is 1. The number of halogens is 1. The molecule has 0 amide bonds. The average molecular weight is 456 g/mol. The van der Waals surface area contributed by atoms with E-state index in [4.69, 9.17) is 9.47 Å². The van der Waals surface area contributed by atoms with Gasteiger partial charge in [0.1, 0.15) is 12.7 Å². The fraction of sp³-hybridized carbons (Fsp3) is 0.444. The highest BCUT2D eigenvalue weighted by molar-refractivity contribution is 5.87. The largest absolute Gasteiger partial charge is 0.488 e. The van der Waals surface area contributed by atoms with Crippen LogP contribution in [0.1, 0.15) is 43.9 Å². The monoisotopic (exact) mass is 455 g/mol. The molecule has 0 saturated heterocycles. The number of β-amino-alcohol motifs (C(OH)–C–C–N with tert-alkyl or cyclic N) is 1. The third-order valence-electron chi connectivity index (χ3n) is 5.84. The number of carbonyl (C=O) groups excluding carboxylic acids is 1. The van der Waals surface area contributed by atoms with Crippen LogP contribution in [-0.4, -0.2) is 42.5 Å². The molecule has 0 aliphatic heterocycles. The minimum absolute atomic E-state index is 0.0306. The zero-order valence-corrected chi connectivity index (χ0v) is 19.6. The summed E-state index contributed by atoms with van der Waals surface area (Å²) in [6, 6.07) is 12.9. The van der Waals surface area contributed by atoms with Gasteiger partial charge < -0.3 is 19.9 Å². The van der Waals surface area contributed by atoms with Crippen molar-refractivity contribution in [2.75, 3.05) is 19.8 Å². The van der Waals surface area contributed by atoms with Crippen LogP contribution in [0.25, 0.3) is 6.08 Å². The number of esters is 1. The molecule has 1 aliphatic rings. The van der Waals surface area contributed by atoms with Gasteiger partial charge in [0.2, 0.25) is 0 Å². The van der Waals surface area contributed by atoms with E-state index >= 15 is 0 Å². The smallest absolute Gasteiger partial charge is 0.330 e. The molecule has 3 rings (SSSR count). The van der Waals surface area contributed by atoms with Gasteiger partial charge in [-0.15, -0.1) is 0 Å². The number of rotatable bonds is 11. The Morgan fingerprint density at radius 3 is 2.61 bits per heavy atom. The summed E-state index contributed by atoms with van der Waals surface area (Å²) in [4.78, 5) is 11.4. The Balaban J connectivity index is 1.45. The molecule has 0 radical (unpaired) electrons. The van der Waals surface area contributed by atoms with Gasteiger partial charge in [0.25, 0.3) is 0 Å². The first-order valence-corrected chi connectivity index (χ1v) is 11.5. The van der Waals surface area contributed by atoms with Gasteiger partial charge in [-0.25, -0.2) is 9.18 Å². The summed E-state index contributed by atoms with van der Waals surface area (Å²) in [5.74, 6) is -0.375. The number of ether oxygens (including phenoxy) is 2. The number of hydrogen-bond donors (Lipinski definition) is 2. The van der Waals surface area contributed by atoms with E-state index in [1.165, 1.54) is 35.4 Å². The predicted molar refractivity (Wildman–Crippen MR) is 128 cm³/mol. The van der Waals surface area contributed by atoms with Crippen LogP contribution >= 0.6 is 0 Å². The molecule has 2 aromatic rings. The van der Waals surface area contributed by atoms with Gasteiger partial charge in [0.15, 0.2) is 11.6 Å². The lowest BCUT2D eigenvalue weighted by Crippen LogP contribution is -2.46. The van der Waals surface area contributed by atoms with Gasteiger partial charge in [-0.1, -0.05) is 30.3 Å². The highest BCUT2D eigenvalue weighted by atomic mass is 19.1. The molecular formula is C27H34FNO4. The van der Waals surface area contributed by atoms with E-state index in [1.807, 2.05) is 0 Å². The van der Waals surface area contributed by atoms with Gasteiger partial charge in [0.05, 0.1) is 6.61 Å². The Kier molecular flexibility index (Phi) is 8.64. The van der Waals surface area contributed by atoms with Crippen molar-refractivity contribution in [1.82, 2.24) is 5.32 Å². The van der Waals surface area contributed by atoms with E-state index in [-0.39, 0.29) is 24.5 Å². The quantitative estimate of drug-likeness (QED) is 0.390. The van der Waals surface area contributed by atoms with Crippen LogP contribution in [0.4, 0.5) is 4.39 Å². The van der Waals surface area contributed by atoms with Crippen LogP contribution in [0.15, 0.2) is 48.5 Å². The fourth-order valence-corrected chi connectivity index (χ4v) is 4.32. The minimum atomic E-state index is -0.789. The first-order chi connectivity index (χ1) is 15.8. The zero-order valence-electron chi connectivity index (χ0n) is 19.6. The maximum absolute atomic E-state index is 14.1. The van der Waals surface area contributed by atoms with Crippen molar-refractivity contribution in [2.24, 2.45) is 5.92 Å². The van der Waals surface area contributed by atoms with E-state index in [2.05, 4.69) is 43.4 Å². The highest BCUT2D eigenvalue weighted by Crippen LogP contribution is 2.31. The van der Waals surface area contributed by atoms with Crippen molar-refractivity contribution >= 4 is 12.0 Å². The molecule has 178 valence electrons. The summed E-state index contributed by atoms with van der Waals surface area (Å²) in [5, 5.41) is 13.8. The number of hydrogen-bond acceptors (Lipinski definition) is 5. The molecular weight excluding hydrogens is 421 g/mol. The molecule has 2 N–H and O–H groups in total. The van der Waals surface area contributed by atoms with Crippen molar-refractivity contribution in [2.45, 2.75) is 51.7 Å². The van der Waals surface area contributed by atoms with Crippen LogP contribution in [0.5, 0.6) is 5.75 Å².